The molecule has 0 radical (unpaired) electrons. The van der Waals surface area contributed by atoms with Crippen molar-refractivity contribution in [3.05, 3.63) is 33.1 Å². The number of carbonyl (C=O) groups excluding carboxylic acids is 1. The van der Waals surface area contributed by atoms with E-state index in [0.717, 1.165) is 0 Å². The van der Waals surface area contributed by atoms with Gasteiger partial charge < -0.3 is 14.2 Å². The minimum Gasteiger partial charge on any atom is -0.461 e. The summed E-state index contributed by atoms with van der Waals surface area (Å²) in [4.78, 5) is 37.1. The predicted molar refractivity (Wildman–Crippen MR) is 85.7 cm³/mol. The number of hydrogen-bond acceptors (Lipinski definition) is 6. The summed E-state index contributed by atoms with van der Waals surface area (Å²) in [5.74, 6) is -0.454. The lowest BCUT2D eigenvalue weighted by Gasteiger charge is -2.26. The first-order valence-corrected chi connectivity index (χ1v) is 8.01. The average molecular weight is 340 g/mol. The van der Waals surface area contributed by atoms with Gasteiger partial charge in [0.25, 0.3) is 5.56 Å². The van der Waals surface area contributed by atoms with E-state index in [1.807, 2.05) is 13.8 Å². The molecule has 1 aliphatic heterocycles. The van der Waals surface area contributed by atoms with Gasteiger partial charge in [-0.25, -0.2) is 9.59 Å². The maximum atomic E-state index is 12.1. The standard InChI is InChI=1S/C16H24N2O6/c1-10(2)24-16(3,4)14(20)22-9-11-5-6-13(23-11)18-8-7-12(19)17-15(18)21/h7-8,10-11,13H,5-6,9H2,1-4H3,(H,17,19,21). The molecule has 0 amide bonds. The Kier molecular flexibility index (Phi) is 5.61. The largest absolute Gasteiger partial charge is 0.461 e. The van der Waals surface area contributed by atoms with Crippen LogP contribution >= 0.6 is 0 Å². The van der Waals surface area contributed by atoms with E-state index in [0.29, 0.717) is 12.8 Å². The molecule has 2 unspecified atom stereocenters. The molecule has 8 heteroatoms. The van der Waals surface area contributed by atoms with Crippen molar-refractivity contribution in [2.45, 2.75) is 64.6 Å². The Morgan fingerprint density at radius 2 is 2.12 bits per heavy atom. The van der Waals surface area contributed by atoms with Crippen LogP contribution in [0.3, 0.4) is 0 Å². The first-order valence-electron chi connectivity index (χ1n) is 8.01. The van der Waals surface area contributed by atoms with Gasteiger partial charge in [-0.05, 0) is 40.5 Å². The van der Waals surface area contributed by atoms with Crippen LogP contribution in [-0.2, 0) is 19.0 Å². The number of nitrogens with one attached hydrogen (secondary N) is 1. The smallest absolute Gasteiger partial charge is 0.337 e. The van der Waals surface area contributed by atoms with Gasteiger partial charge in [0.05, 0.1) is 12.2 Å². The molecule has 24 heavy (non-hydrogen) atoms. The van der Waals surface area contributed by atoms with E-state index in [1.54, 1.807) is 13.8 Å². The van der Waals surface area contributed by atoms with Crippen molar-refractivity contribution < 1.29 is 19.0 Å². The van der Waals surface area contributed by atoms with Gasteiger partial charge in [-0.2, -0.15) is 0 Å². The summed E-state index contributed by atoms with van der Waals surface area (Å²) in [7, 11) is 0. The van der Waals surface area contributed by atoms with Crippen LogP contribution in [0.2, 0.25) is 0 Å². The molecular formula is C16H24N2O6. The Morgan fingerprint density at radius 1 is 1.42 bits per heavy atom. The number of hydrogen-bond donors (Lipinski definition) is 1. The molecule has 1 aromatic rings. The van der Waals surface area contributed by atoms with Crippen LogP contribution in [0.4, 0.5) is 0 Å². The second kappa shape index (κ2) is 7.31. The third kappa shape index (κ3) is 4.55. The first-order chi connectivity index (χ1) is 11.2. The molecule has 8 nitrogen and oxygen atoms in total. The Bertz CT molecular complexity index is 690. The zero-order valence-corrected chi connectivity index (χ0v) is 14.4. The average Bonchev–Trinajstić information content (AvgIpc) is 2.91. The SMILES string of the molecule is CC(C)OC(C)(C)C(=O)OCC1CCC(n2ccc(=O)[nH]c2=O)O1. The molecule has 1 saturated heterocycles. The van der Waals surface area contributed by atoms with Crippen LogP contribution in [-0.4, -0.2) is 39.9 Å². The maximum Gasteiger partial charge on any atom is 0.337 e. The number of H-pyrrole nitrogens is 1. The van der Waals surface area contributed by atoms with E-state index in [9.17, 15) is 14.4 Å². The molecule has 2 rings (SSSR count). The zero-order chi connectivity index (χ0) is 17.9. The fraction of sp³-hybridized carbons (Fsp3) is 0.688. The van der Waals surface area contributed by atoms with Gasteiger partial charge in [0.2, 0.25) is 0 Å². The van der Waals surface area contributed by atoms with Crippen LogP contribution < -0.4 is 11.2 Å². The fourth-order valence-corrected chi connectivity index (χ4v) is 2.65. The van der Waals surface area contributed by atoms with Gasteiger partial charge in [0, 0.05) is 12.3 Å². The molecule has 0 aromatic carbocycles. The van der Waals surface area contributed by atoms with Gasteiger partial charge in [-0.3, -0.25) is 14.3 Å². The summed E-state index contributed by atoms with van der Waals surface area (Å²) in [6.45, 7) is 7.11. The molecule has 134 valence electrons. The fourth-order valence-electron chi connectivity index (χ4n) is 2.65. The monoisotopic (exact) mass is 340 g/mol. The number of nitrogens with zero attached hydrogens (tertiary/aromatic N) is 1. The molecule has 1 fully saturated rings. The normalized spacial score (nSPS) is 21.2. The quantitative estimate of drug-likeness (QED) is 0.774. The van der Waals surface area contributed by atoms with Gasteiger partial charge in [0.1, 0.15) is 12.8 Å². The van der Waals surface area contributed by atoms with Crippen LogP contribution in [0.25, 0.3) is 0 Å². The van der Waals surface area contributed by atoms with Crippen molar-refractivity contribution in [2.24, 2.45) is 0 Å². The molecule has 0 spiro atoms. The summed E-state index contributed by atoms with van der Waals surface area (Å²) in [6, 6.07) is 1.27. The summed E-state index contributed by atoms with van der Waals surface area (Å²) < 4.78 is 17.9. The van der Waals surface area contributed by atoms with E-state index in [1.165, 1.54) is 16.8 Å². The number of rotatable bonds is 6. The van der Waals surface area contributed by atoms with Gasteiger partial charge in [-0.15, -0.1) is 0 Å². The van der Waals surface area contributed by atoms with Crippen LogP contribution in [0.1, 0.15) is 46.8 Å². The van der Waals surface area contributed by atoms with Crippen LogP contribution in [0, 0.1) is 0 Å². The first kappa shape index (κ1) is 18.4. The van der Waals surface area contributed by atoms with Crippen molar-refractivity contribution in [1.82, 2.24) is 9.55 Å². The van der Waals surface area contributed by atoms with Crippen LogP contribution in [0.5, 0.6) is 0 Å². The molecule has 1 aromatic heterocycles. The zero-order valence-electron chi connectivity index (χ0n) is 14.4. The summed E-state index contributed by atoms with van der Waals surface area (Å²) >= 11 is 0. The second-order valence-electron chi connectivity index (χ2n) is 6.58. The number of aromatic nitrogens is 2. The van der Waals surface area contributed by atoms with Crippen molar-refractivity contribution in [3.63, 3.8) is 0 Å². The number of carbonyl (C=O) groups is 1. The van der Waals surface area contributed by atoms with E-state index < -0.39 is 29.0 Å². The Labute approximate surface area is 139 Å². The summed E-state index contributed by atoms with van der Waals surface area (Å²) in [6.07, 6.45) is 1.78. The molecule has 0 aliphatic carbocycles. The molecule has 0 saturated carbocycles. The summed E-state index contributed by atoms with van der Waals surface area (Å²) in [5.41, 5.74) is -1.99. The molecule has 1 N–H and O–H groups in total. The minimum absolute atomic E-state index is 0.0910. The minimum atomic E-state index is -1.03. The highest BCUT2D eigenvalue weighted by Gasteiger charge is 2.34. The third-order valence-electron chi connectivity index (χ3n) is 3.67. The number of ether oxygens (including phenoxy) is 3. The Balaban J connectivity index is 1.89. The number of aromatic amines is 1. The van der Waals surface area contributed by atoms with E-state index in [2.05, 4.69) is 4.98 Å². The third-order valence-corrected chi connectivity index (χ3v) is 3.67. The molecule has 2 atom stereocenters. The van der Waals surface area contributed by atoms with Crippen molar-refractivity contribution in [1.29, 1.82) is 0 Å². The Morgan fingerprint density at radius 3 is 2.75 bits per heavy atom. The predicted octanol–water partition coefficient (Wildman–Crippen LogP) is 0.961. The van der Waals surface area contributed by atoms with Crippen molar-refractivity contribution in [2.75, 3.05) is 6.61 Å². The second-order valence-corrected chi connectivity index (χ2v) is 6.58. The topological polar surface area (TPSA) is 99.6 Å². The highest BCUT2D eigenvalue weighted by molar-refractivity contribution is 5.78. The van der Waals surface area contributed by atoms with E-state index in [4.69, 9.17) is 14.2 Å². The highest BCUT2D eigenvalue weighted by Crippen LogP contribution is 2.27. The van der Waals surface area contributed by atoms with Crippen molar-refractivity contribution >= 4 is 5.97 Å². The summed E-state index contributed by atoms with van der Waals surface area (Å²) in [5, 5.41) is 0. The number of esters is 1. The van der Waals surface area contributed by atoms with Gasteiger partial charge in [-0.1, -0.05) is 0 Å². The van der Waals surface area contributed by atoms with E-state index in [-0.39, 0.29) is 18.8 Å². The van der Waals surface area contributed by atoms with Gasteiger partial charge in [0.15, 0.2) is 5.60 Å². The highest BCUT2D eigenvalue weighted by atomic mass is 16.6. The van der Waals surface area contributed by atoms with Gasteiger partial charge >= 0.3 is 11.7 Å². The van der Waals surface area contributed by atoms with Crippen molar-refractivity contribution in [3.8, 4) is 0 Å². The molecule has 2 heterocycles. The molecular weight excluding hydrogens is 316 g/mol. The Hall–Kier alpha value is -1.93. The lowest BCUT2D eigenvalue weighted by Crippen LogP contribution is -2.40. The molecule has 1 aliphatic rings. The maximum absolute atomic E-state index is 12.1. The molecule has 0 bridgehead atoms. The lowest BCUT2D eigenvalue weighted by molar-refractivity contribution is -0.176. The van der Waals surface area contributed by atoms with E-state index >= 15 is 0 Å². The van der Waals surface area contributed by atoms with Crippen LogP contribution in [0.15, 0.2) is 21.9 Å². The lowest BCUT2D eigenvalue weighted by atomic mass is 10.1.